The lowest BCUT2D eigenvalue weighted by Crippen LogP contribution is -2.43. The summed E-state index contributed by atoms with van der Waals surface area (Å²) in [5.74, 6) is 0.470. The van der Waals surface area contributed by atoms with E-state index in [-0.39, 0.29) is 18.5 Å². The Balaban J connectivity index is 2.22. The second-order valence-corrected chi connectivity index (χ2v) is 5.36. The van der Waals surface area contributed by atoms with Crippen LogP contribution in [0.15, 0.2) is 18.2 Å². The Hall–Kier alpha value is -2.08. The molecule has 1 atom stereocenters. The Morgan fingerprint density at radius 2 is 2.10 bits per heavy atom. The minimum Gasteiger partial charge on any atom is -0.496 e. The molecule has 1 fully saturated rings. The summed E-state index contributed by atoms with van der Waals surface area (Å²) >= 11 is 0. The first-order chi connectivity index (χ1) is 9.95. The molecule has 0 saturated carbocycles. The molecule has 1 aromatic rings. The fourth-order valence-electron chi connectivity index (χ4n) is 2.37. The van der Waals surface area contributed by atoms with Crippen LogP contribution in [0.2, 0.25) is 0 Å². The van der Waals surface area contributed by atoms with E-state index in [0.29, 0.717) is 18.7 Å². The van der Waals surface area contributed by atoms with Crippen LogP contribution in [0, 0.1) is 0 Å². The molecule has 0 aromatic heterocycles. The monoisotopic (exact) mass is 291 g/mol. The number of hydrogen-bond acceptors (Lipinski definition) is 4. The molecule has 6 heteroatoms. The minimum atomic E-state index is -0.807. The largest absolute Gasteiger partial charge is 0.496 e. The number of nitrogens with two attached hydrogens (primary N) is 1. The summed E-state index contributed by atoms with van der Waals surface area (Å²) in [6, 6.07) is 5.16. The Morgan fingerprint density at radius 1 is 1.38 bits per heavy atom. The van der Waals surface area contributed by atoms with Crippen molar-refractivity contribution in [2.45, 2.75) is 38.9 Å². The van der Waals surface area contributed by atoms with Crippen molar-refractivity contribution in [3.63, 3.8) is 0 Å². The molecule has 3 N–H and O–H groups in total. The molecule has 1 aromatic carbocycles. The lowest BCUT2D eigenvalue weighted by atomic mass is 9.99. The van der Waals surface area contributed by atoms with Crippen molar-refractivity contribution in [3.8, 4) is 5.75 Å². The van der Waals surface area contributed by atoms with Crippen LogP contribution in [-0.2, 0) is 17.9 Å². The highest BCUT2D eigenvalue weighted by atomic mass is 16.5. The van der Waals surface area contributed by atoms with E-state index < -0.39 is 5.54 Å². The molecule has 0 spiro atoms. The van der Waals surface area contributed by atoms with Gasteiger partial charge >= 0.3 is 6.03 Å². The van der Waals surface area contributed by atoms with Crippen molar-refractivity contribution in [1.82, 2.24) is 10.2 Å². The van der Waals surface area contributed by atoms with Gasteiger partial charge in [-0.05, 0) is 25.0 Å². The highest BCUT2D eigenvalue weighted by Gasteiger charge is 2.46. The van der Waals surface area contributed by atoms with Crippen molar-refractivity contribution in [2.24, 2.45) is 5.73 Å². The number of amides is 3. The van der Waals surface area contributed by atoms with E-state index in [1.165, 1.54) is 4.90 Å². The third-order valence-corrected chi connectivity index (χ3v) is 3.96. The average molecular weight is 291 g/mol. The molecular formula is C15H21N3O3. The minimum absolute atomic E-state index is 0.197. The lowest BCUT2D eigenvalue weighted by molar-refractivity contribution is -0.131. The van der Waals surface area contributed by atoms with Crippen LogP contribution in [-0.4, -0.2) is 29.5 Å². The van der Waals surface area contributed by atoms with Crippen molar-refractivity contribution < 1.29 is 14.3 Å². The third-order valence-electron chi connectivity index (χ3n) is 3.96. The maximum Gasteiger partial charge on any atom is 0.325 e. The molecule has 1 aliphatic heterocycles. The number of nitrogens with one attached hydrogen (secondary N) is 1. The van der Waals surface area contributed by atoms with Gasteiger partial charge in [0.05, 0.1) is 13.7 Å². The third kappa shape index (κ3) is 2.71. The van der Waals surface area contributed by atoms with E-state index in [1.807, 2.05) is 25.1 Å². The zero-order chi connectivity index (χ0) is 15.6. The summed E-state index contributed by atoms with van der Waals surface area (Å²) in [5, 5.41) is 2.74. The molecule has 0 radical (unpaired) electrons. The van der Waals surface area contributed by atoms with E-state index in [0.717, 1.165) is 11.1 Å². The highest BCUT2D eigenvalue weighted by Crippen LogP contribution is 2.25. The molecule has 3 amide bonds. The number of rotatable bonds is 5. The van der Waals surface area contributed by atoms with E-state index in [9.17, 15) is 9.59 Å². The average Bonchev–Trinajstić information content (AvgIpc) is 2.71. The number of carbonyl (C=O) groups excluding carboxylic acids is 2. The zero-order valence-electron chi connectivity index (χ0n) is 12.6. The molecule has 1 aliphatic rings. The maximum absolute atomic E-state index is 12.3. The van der Waals surface area contributed by atoms with Gasteiger partial charge in [-0.15, -0.1) is 0 Å². The molecule has 0 bridgehead atoms. The van der Waals surface area contributed by atoms with Gasteiger partial charge in [-0.3, -0.25) is 9.69 Å². The van der Waals surface area contributed by atoms with Crippen molar-refractivity contribution in [3.05, 3.63) is 29.3 Å². The number of benzene rings is 1. The molecule has 1 unspecified atom stereocenters. The summed E-state index contributed by atoms with van der Waals surface area (Å²) < 4.78 is 5.27. The SMILES string of the molecule is CCC1(C)NC(=O)N(Cc2ccc(CN)c(OC)c2)C1=O. The fourth-order valence-corrected chi connectivity index (χ4v) is 2.37. The number of hydrogen-bond donors (Lipinski definition) is 2. The summed E-state index contributed by atoms with van der Waals surface area (Å²) in [6.45, 7) is 4.22. The highest BCUT2D eigenvalue weighted by molar-refractivity contribution is 6.06. The van der Waals surface area contributed by atoms with Crippen LogP contribution in [0.3, 0.4) is 0 Å². The van der Waals surface area contributed by atoms with Gasteiger partial charge in [0.1, 0.15) is 11.3 Å². The van der Waals surface area contributed by atoms with Gasteiger partial charge in [0.2, 0.25) is 0 Å². The fraction of sp³-hybridized carbons (Fsp3) is 0.467. The summed E-state index contributed by atoms with van der Waals surface area (Å²) in [7, 11) is 1.57. The Kier molecular flexibility index (Phi) is 4.18. The molecule has 1 heterocycles. The summed E-state index contributed by atoms with van der Waals surface area (Å²) in [4.78, 5) is 25.6. The normalized spacial score (nSPS) is 21.6. The smallest absolute Gasteiger partial charge is 0.325 e. The second-order valence-electron chi connectivity index (χ2n) is 5.36. The van der Waals surface area contributed by atoms with E-state index in [2.05, 4.69) is 5.32 Å². The van der Waals surface area contributed by atoms with Crippen LogP contribution in [0.4, 0.5) is 4.79 Å². The maximum atomic E-state index is 12.3. The number of imide groups is 1. The molecule has 0 aliphatic carbocycles. The predicted molar refractivity (Wildman–Crippen MR) is 78.7 cm³/mol. The number of urea groups is 1. The Morgan fingerprint density at radius 3 is 2.62 bits per heavy atom. The molecule has 1 saturated heterocycles. The molecule has 6 nitrogen and oxygen atoms in total. The van der Waals surface area contributed by atoms with E-state index in [1.54, 1.807) is 14.0 Å². The van der Waals surface area contributed by atoms with Crippen LogP contribution in [0.5, 0.6) is 5.75 Å². The van der Waals surface area contributed by atoms with Gasteiger partial charge in [0.15, 0.2) is 0 Å². The van der Waals surface area contributed by atoms with E-state index >= 15 is 0 Å². The van der Waals surface area contributed by atoms with Gasteiger partial charge in [-0.2, -0.15) is 0 Å². The first-order valence-corrected chi connectivity index (χ1v) is 6.95. The van der Waals surface area contributed by atoms with E-state index in [4.69, 9.17) is 10.5 Å². The van der Waals surface area contributed by atoms with Gasteiger partial charge in [-0.1, -0.05) is 19.1 Å². The summed E-state index contributed by atoms with van der Waals surface area (Å²) in [6.07, 6.45) is 0.559. The zero-order valence-corrected chi connectivity index (χ0v) is 12.6. The van der Waals surface area contributed by atoms with Gasteiger partial charge in [0, 0.05) is 12.1 Å². The lowest BCUT2D eigenvalue weighted by Gasteiger charge is -2.19. The summed E-state index contributed by atoms with van der Waals surface area (Å²) in [5.41, 5.74) is 6.53. The Labute approximate surface area is 124 Å². The van der Waals surface area contributed by atoms with Gasteiger partial charge in [0.25, 0.3) is 5.91 Å². The molecule has 2 rings (SSSR count). The van der Waals surface area contributed by atoms with Gasteiger partial charge < -0.3 is 15.8 Å². The number of methoxy groups -OCH3 is 1. The number of carbonyl (C=O) groups is 2. The molecule has 21 heavy (non-hydrogen) atoms. The standard InChI is InChI=1S/C15H21N3O3/c1-4-15(2)13(19)18(14(20)17-15)9-10-5-6-11(8-16)12(7-10)21-3/h5-7H,4,8-9,16H2,1-3H3,(H,17,20). The van der Waals surface area contributed by atoms with Crippen LogP contribution in [0.25, 0.3) is 0 Å². The number of nitrogens with zero attached hydrogens (tertiary/aromatic N) is 1. The van der Waals surface area contributed by atoms with Gasteiger partial charge in [-0.25, -0.2) is 4.79 Å². The van der Waals surface area contributed by atoms with Crippen LogP contribution in [0.1, 0.15) is 31.4 Å². The Bertz CT molecular complexity index is 573. The first kappa shape index (κ1) is 15.3. The van der Waals surface area contributed by atoms with Crippen molar-refractivity contribution in [2.75, 3.05) is 7.11 Å². The van der Waals surface area contributed by atoms with Crippen LogP contribution >= 0.6 is 0 Å². The molecular weight excluding hydrogens is 270 g/mol. The molecule has 114 valence electrons. The quantitative estimate of drug-likeness (QED) is 0.803. The predicted octanol–water partition coefficient (Wildman–Crippen LogP) is 1.37. The first-order valence-electron chi connectivity index (χ1n) is 6.95. The van der Waals surface area contributed by atoms with Crippen molar-refractivity contribution >= 4 is 11.9 Å². The van der Waals surface area contributed by atoms with Crippen molar-refractivity contribution in [1.29, 1.82) is 0 Å². The second kappa shape index (κ2) is 5.73. The number of ether oxygens (including phenoxy) is 1. The topological polar surface area (TPSA) is 84.7 Å². The van der Waals surface area contributed by atoms with Crippen LogP contribution < -0.4 is 15.8 Å².